The van der Waals surface area contributed by atoms with Crippen LogP contribution in [0.5, 0.6) is 11.5 Å². The number of rotatable bonds is 10. The molecular formula is C40H43BrN8O4. The SMILES string of the molecule is COc1cc(-c2cn(C)c(=O)c(N)c2C=N)cc(OC)c1CN1CCN(Cc2cccc3c2CCN(C(=O)/C(C#N)=C/c2cccc(Br)n2)C3C)CC1. The van der Waals surface area contributed by atoms with E-state index in [2.05, 4.69) is 55.0 Å². The monoisotopic (exact) mass is 778 g/mol. The number of aromatic nitrogens is 2. The first-order valence-corrected chi connectivity index (χ1v) is 18.2. The summed E-state index contributed by atoms with van der Waals surface area (Å²) >= 11 is 3.35. The summed E-state index contributed by atoms with van der Waals surface area (Å²) in [6.07, 6.45) is 5.05. The predicted molar refractivity (Wildman–Crippen MR) is 209 cm³/mol. The number of nitriles is 1. The molecule has 1 atom stereocenters. The number of nitrogens with two attached hydrogens (primary N) is 1. The van der Waals surface area contributed by atoms with Gasteiger partial charge in [-0.25, -0.2) is 4.98 Å². The quantitative estimate of drug-likeness (QED) is 0.0960. The van der Waals surface area contributed by atoms with Crippen LogP contribution in [0.2, 0.25) is 0 Å². The van der Waals surface area contributed by atoms with Gasteiger partial charge in [-0.2, -0.15) is 5.26 Å². The van der Waals surface area contributed by atoms with Crippen molar-refractivity contribution in [2.45, 2.75) is 32.5 Å². The van der Waals surface area contributed by atoms with E-state index in [-0.39, 0.29) is 28.8 Å². The molecule has 0 bridgehead atoms. The van der Waals surface area contributed by atoms with Crippen LogP contribution in [0.15, 0.2) is 69.7 Å². The number of fused-ring (bicyclic) bond motifs is 1. The number of nitrogen functional groups attached to an aromatic ring is 1. The van der Waals surface area contributed by atoms with Crippen molar-refractivity contribution in [3.63, 3.8) is 0 Å². The third kappa shape index (κ3) is 7.76. The zero-order valence-electron chi connectivity index (χ0n) is 30.4. The molecule has 13 heteroatoms. The number of aryl methyl sites for hydroxylation is 1. The van der Waals surface area contributed by atoms with Crippen molar-refractivity contribution < 1.29 is 14.3 Å². The minimum atomic E-state index is -0.350. The molecule has 0 radical (unpaired) electrons. The van der Waals surface area contributed by atoms with Crippen LogP contribution < -0.4 is 20.8 Å². The Morgan fingerprint density at radius 1 is 1.06 bits per heavy atom. The Labute approximate surface area is 317 Å². The zero-order valence-corrected chi connectivity index (χ0v) is 31.9. The first-order valence-electron chi connectivity index (χ1n) is 17.4. The molecule has 53 heavy (non-hydrogen) atoms. The molecule has 2 aliphatic rings. The third-order valence-corrected chi connectivity index (χ3v) is 10.7. The molecule has 1 saturated heterocycles. The van der Waals surface area contributed by atoms with Crippen molar-refractivity contribution in [1.29, 1.82) is 10.7 Å². The topological polar surface area (TPSA) is 154 Å². The molecule has 12 nitrogen and oxygen atoms in total. The Bertz CT molecular complexity index is 2160. The van der Waals surface area contributed by atoms with Crippen molar-refractivity contribution >= 4 is 39.8 Å². The van der Waals surface area contributed by atoms with Gasteiger partial charge in [0.15, 0.2) is 0 Å². The first kappa shape index (κ1) is 37.5. The normalized spacial score (nSPS) is 16.5. The van der Waals surface area contributed by atoms with Crippen molar-refractivity contribution in [2.24, 2.45) is 7.05 Å². The number of pyridine rings is 2. The standard InChI is InChI=1S/C40H43BrN8O4/c1-25-30-9-5-7-26(31(30)11-12-49(25)39(50)28(20-42)17-29-8-6-10-37(41)45-29)22-47-13-15-48(16-14-47)24-34-35(52-3)18-27(19-36(34)53-4)33-23-46(2)40(51)38(44)32(33)21-43/h5-10,17-19,21,23,25,43H,11-16,22,24,44H2,1-4H3/b28-17+,43-21?. The smallest absolute Gasteiger partial charge is 0.274 e. The average Bonchev–Trinajstić information content (AvgIpc) is 3.16. The van der Waals surface area contributed by atoms with E-state index in [1.54, 1.807) is 50.6 Å². The van der Waals surface area contributed by atoms with Gasteiger partial charge in [0.05, 0.1) is 31.5 Å². The molecule has 1 unspecified atom stereocenters. The molecule has 4 aromatic rings. The number of methoxy groups -OCH3 is 2. The summed E-state index contributed by atoms with van der Waals surface area (Å²) in [5.41, 5.74) is 12.7. The average molecular weight is 780 g/mol. The van der Waals surface area contributed by atoms with E-state index in [0.717, 1.165) is 62.0 Å². The van der Waals surface area contributed by atoms with Gasteiger partial charge in [0.2, 0.25) is 0 Å². The fourth-order valence-corrected chi connectivity index (χ4v) is 7.70. The molecular weight excluding hydrogens is 736 g/mol. The van der Waals surface area contributed by atoms with Crippen LogP contribution in [0.1, 0.15) is 46.5 Å². The first-order chi connectivity index (χ1) is 25.6. The highest BCUT2D eigenvalue weighted by Crippen LogP contribution is 2.38. The lowest BCUT2D eigenvalue weighted by atomic mass is 9.89. The molecule has 2 aliphatic heterocycles. The van der Waals surface area contributed by atoms with Gasteiger partial charge in [-0.05, 0) is 81.9 Å². The second-order valence-electron chi connectivity index (χ2n) is 13.3. The van der Waals surface area contributed by atoms with E-state index in [0.29, 0.717) is 46.0 Å². The highest BCUT2D eigenvalue weighted by atomic mass is 79.9. The van der Waals surface area contributed by atoms with Gasteiger partial charge >= 0.3 is 0 Å². The number of amides is 1. The number of nitrogens with zero attached hydrogens (tertiary/aromatic N) is 6. The van der Waals surface area contributed by atoms with Gasteiger partial charge in [0.1, 0.15) is 33.4 Å². The van der Waals surface area contributed by atoms with Gasteiger partial charge in [-0.3, -0.25) is 19.4 Å². The number of carbonyl (C=O) groups is 1. The zero-order chi connectivity index (χ0) is 37.8. The number of carbonyl (C=O) groups excluding carboxylic acids is 1. The number of benzene rings is 2. The Morgan fingerprint density at radius 3 is 2.34 bits per heavy atom. The van der Waals surface area contributed by atoms with Crippen LogP contribution in [-0.4, -0.2) is 83.3 Å². The van der Waals surface area contributed by atoms with Crippen LogP contribution in [0.4, 0.5) is 5.69 Å². The lowest BCUT2D eigenvalue weighted by Gasteiger charge is -2.38. The number of hydrogen-bond acceptors (Lipinski definition) is 10. The maximum Gasteiger partial charge on any atom is 0.274 e. The fourth-order valence-electron chi connectivity index (χ4n) is 7.34. The molecule has 0 spiro atoms. The van der Waals surface area contributed by atoms with E-state index in [1.165, 1.54) is 15.7 Å². The van der Waals surface area contributed by atoms with E-state index < -0.39 is 0 Å². The van der Waals surface area contributed by atoms with Crippen LogP contribution in [0.25, 0.3) is 17.2 Å². The largest absolute Gasteiger partial charge is 0.496 e. The van der Waals surface area contributed by atoms with E-state index in [1.807, 2.05) is 25.1 Å². The Hall–Kier alpha value is -5.29. The molecule has 0 aliphatic carbocycles. The van der Waals surface area contributed by atoms with Crippen molar-refractivity contribution in [2.75, 3.05) is 52.7 Å². The van der Waals surface area contributed by atoms with Gasteiger partial charge in [0.25, 0.3) is 11.5 Å². The third-order valence-electron chi connectivity index (χ3n) is 10.2. The Morgan fingerprint density at radius 2 is 1.72 bits per heavy atom. The second-order valence-corrected chi connectivity index (χ2v) is 14.1. The van der Waals surface area contributed by atoms with Gasteiger partial charge in [-0.15, -0.1) is 0 Å². The fraction of sp³-hybridized carbons (Fsp3) is 0.325. The minimum absolute atomic E-state index is 0.0235. The molecule has 274 valence electrons. The van der Waals surface area contributed by atoms with Crippen LogP contribution in [0.3, 0.4) is 0 Å². The van der Waals surface area contributed by atoms with Crippen LogP contribution >= 0.6 is 15.9 Å². The molecule has 3 N–H and O–H groups in total. The van der Waals surface area contributed by atoms with Gasteiger partial charge in [0, 0.05) is 76.4 Å². The number of ether oxygens (including phenoxy) is 2. The lowest BCUT2D eigenvalue weighted by molar-refractivity contribution is -0.129. The number of nitrogens with one attached hydrogen (secondary N) is 1. The second kappa shape index (κ2) is 16.2. The number of anilines is 1. The summed E-state index contributed by atoms with van der Waals surface area (Å²) in [5.74, 6) is 1.03. The summed E-state index contributed by atoms with van der Waals surface area (Å²) in [7, 11) is 4.89. The lowest BCUT2D eigenvalue weighted by Crippen LogP contribution is -2.45. The van der Waals surface area contributed by atoms with Crippen molar-refractivity contribution in [1.82, 2.24) is 24.3 Å². The van der Waals surface area contributed by atoms with Crippen LogP contribution in [0, 0.1) is 16.7 Å². The van der Waals surface area contributed by atoms with Crippen molar-refractivity contribution in [3.8, 4) is 28.7 Å². The molecule has 2 aromatic carbocycles. The van der Waals surface area contributed by atoms with E-state index >= 15 is 0 Å². The Kier molecular flexibility index (Phi) is 11.4. The summed E-state index contributed by atoms with van der Waals surface area (Å²) < 4.78 is 13.8. The highest BCUT2D eigenvalue weighted by molar-refractivity contribution is 9.10. The summed E-state index contributed by atoms with van der Waals surface area (Å²) in [6, 6.07) is 17.5. The summed E-state index contributed by atoms with van der Waals surface area (Å²) in [5, 5.41) is 17.8. The predicted octanol–water partition coefficient (Wildman–Crippen LogP) is 5.18. The van der Waals surface area contributed by atoms with E-state index in [9.17, 15) is 14.9 Å². The molecule has 1 fully saturated rings. The molecule has 4 heterocycles. The van der Waals surface area contributed by atoms with Gasteiger partial charge in [-0.1, -0.05) is 24.3 Å². The molecule has 1 amide bonds. The van der Waals surface area contributed by atoms with Gasteiger partial charge < -0.3 is 30.1 Å². The van der Waals surface area contributed by atoms with E-state index in [4.69, 9.17) is 20.6 Å². The number of piperazine rings is 1. The molecule has 6 rings (SSSR count). The van der Waals surface area contributed by atoms with Crippen molar-refractivity contribution in [3.05, 3.63) is 109 Å². The highest BCUT2D eigenvalue weighted by Gasteiger charge is 2.31. The minimum Gasteiger partial charge on any atom is -0.496 e. The number of halogens is 1. The summed E-state index contributed by atoms with van der Waals surface area (Å²) in [4.78, 5) is 37.0. The Balaban J connectivity index is 1.13. The summed E-state index contributed by atoms with van der Waals surface area (Å²) in [6.45, 7) is 7.48. The maximum absolute atomic E-state index is 13.6. The van der Waals surface area contributed by atoms with Crippen LogP contribution in [-0.2, 0) is 31.4 Å². The molecule has 0 saturated carbocycles. The number of hydrogen-bond donors (Lipinski definition) is 2. The molecule has 2 aromatic heterocycles. The maximum atomic E-state index is 13.6.